The number of hydrogen-bond acceptors (Lipinski definition) is 3. The van der Waals surface area contributed by atoms with Gasteiger partial charge in [-0.05, 0) is 138 Å². The maximum atomic E-state index is 7.06. The topological polar surface area (TPSA) is 24.6 Å². The molecule has 1 aliphatic carbocycles. The van der Waals surface area contributed by atoms with Crippen molar-refractivity contribution >= 4 is 90.1 Å². The number of anilines is 6. The van der Waals surface area contributed by atoms with Gasteiger partial charge in [-0.1, -0.05) is 188 Å². The highest BCUT2D eigenvalue weighted by Crippen LogP contribution is 2.56. The zero-order valence-electron chi connectivity index (χ0n) is 45.8. The van der Waals surface area contributed by atoms with E-state index in [1.807, 2.05) is 0 Å². The van der Waals surface area contributed by atoms with Crippen LogP contribution in [0.1, 0.15) is 130 Å². The molecule has 0 unspecified atom stereocenters. The van der Waals surface area contributed by atoms with Gasteiger partial charge in [0.25, 0.3) is 6.71 Å². The first-order chi connectivity index (χ1) is 35.0. The molecule has 74 heavy (non-hydrogen) atoms. The van der Waals surface area contributed by atoms with Crippen molar-refractivity contribution in [1.29, 1.82) is 0 Å². The molecule has 0 spiro atoms. The van der Waals surface area contributed by atoms with E-state index < -0.39 is 0 Å². The van der Waals surface area contributed by atoms with Crippen LogP contribution in [0.25, 0.3) is 49.8 Å². The molecule has 0 saturated heterocycles. The number of para-hydroxylation sites is 2. The first-order valence-electron chi connectivity index (χ1n) is 26.9. The zero-order chi connectivity index (χ0) is 51.8. The molecule has 0 amide bonds. The molecule has 2 aromatic heterocycles. The van der Waals surface area contributed by atoms with E-state index in [0.29, 0.717) is 0 Å². The number of fused-ring (bicyclic) bond motifs is 12. The van der Waals surface area contributed by atoms with Crippen molar-refractivity contribution in [1.82, 2.24) is 4.57 Å². The van der Waals surface area contributed by atoms with Crippen LogP contribution in [0.3, 0.4) is 0 Å². The van der Waals surface area contributed by atoms with Crippen LogP contribution in [0.15, 0.2) is 162 Å². The standard InChI is InChI=1S/C69H68BN3O/c1-65(2,3)41-26-30-45(31-27-41)71(46-32-28-42(29-33-46)66(4,5)6)47-34-35-53-56(40-47)72(55-24-19-22-49-48-20-16-18-25-59(48)74-64(49)55)57-38-44(68(10,11)12)39-58-61(57)70(53)54-37-43(67(7,8)9)36-51-60-63(73(58)62(51)54)50-21-15-17-23-52(50)69(60,13)14/h15-40H,1-14H3. The number of benzene rings is 8. The Bertz CT molecular complexity index is 3910. The maximum Gasteiger partial charge on any atom is 0.252 e. The van der Waals surface area contributed by atoms with Crippen molar-refractivity contribution in [2.45, 2.75) is 124 Å². The van der Waals surface area contributed by atoms with E-state index >= 15 is 0 Å². The van der Waals surface area contributed by atoms with Crippen molar-refractivity contribution in [3.63, 3.8) is 0 Å². The predicted molar refractivity (Wildman–Crippen MR) is 317 cm³/mol. The Morgan fingerprint density at radius 1 is 0.459 bits per heavy atom. The summed E-state index contributed by atoms with van der Waals surface area (Å²) in [4.78, 5) is 5.04. The van der Waals surface area contributed by atoms with Crippen LogP contribution in [0, 0.1) is 0 Å². The molecule has 0 N–H and O–H groups in total. The van der Waals surface area contributed by atoms with E-state index in [-0.39, 0.29) is 33.8 Å². The van der Waals surface area contributed by atoms with E-state index in [2.05, 4.69) is 269 Å². The second-order valence-electron chi connectivity index (χ2n) is 26.3. The van der Waals surface area contributed by atoms with E-state index in [0.717, 1.165) is 50.4 Å². The van der Waals surface area contributed by atoms with Crippen LogP contribution in [0.5, 0.6) is 0 Å². The molecule has 0 fully saturated rings. The fraction of sp³-hybridized carbons (Fsp3) is 0.275. The summed E-state index contributed by atoms with van der Waals surface area (Å²) in [6, 6.07) is 60.4. The molecular formula is C69H68BN3O. The van der Waals surface area contributed by atoms with Gasteiger partial charge in [-0.15, -0.1) is 0 Å². The number of aromatic nitrogens is 1. The Morgan fingerprint density at radius 3 is 1.68 bits per heavy atom. The second-order valence-corrected chi connectivity index (χ2v) is 26.3. The van der Waals surface area contributed by atoms with Gasteiger partial charge in [-0.2, -0.15) is 0 Å². The summed E-state index contributed by atoms with van der Waals surface area (Å²) < 4.78 is 9.77. The summed E-state index contributed by atoms with van der Waals surface area (Å²) in [5.41, 5.74) is 25.4. The SMILES string of the molecule is CC(C)(C)c1ccc(N(c2ccc(C(C)(C)C)cc2)c2ccc3c(c2)N(c2cccc4c2oc2ccccc24)c2cc(C(C)(C)C)cc4c2B3c2cc(C(C)(C)C)cc3c5c(n-4c23)-c2ccccc2C5(C)C)cc1. The fourth-order valence-electron chi connectivity index (χ4n) is 12.9. The molecule has 0 saturated carbocycles. The summed E-state index contributed by atoms with van der Waals surface area (Å²) in [6.45, 7) is 32.8. The second kappa shape index (κ2) is 15.4. The lowest BCUT2D eigenvalue weighted by molar-refractivity contribution is 0.590. The van der Waals surface area contributed by atoms with Gasteiger partial charge in [-0.25, -0.2) is 0 Å². The molecule has 4 heterocycles. The van der Waals surface area contributed by atoms with Crippen molar-refractivity contribution in [3.8, 4) is 16.9 Å². The monoisotopic (exact) mass is 966 g/mol. The summed E-state index contributed by atoms with van der Waals surface area (Å²) >= 11 is 0. The Kier molecular flexibility index (Phi) is 9.70. The van der Waals surface area contributed by atoms with Gasteiger partial charge in [0.1, 0.15) is 5.58 Å². The molecule has 3 aliphatic rings. The lowest BCUT2D eigenvalue weighted by Gasteiger charge is -2.42. The van der Waals surface area contributed by atoms with Crippen LogP contribution in [-0.2, 0) is 27.1 Å². The minimum Gasteiger partial charge on any atom is -0.454 e. The highest BCUT2D eigenvalue weighted by atomic mass is 16.3. The molecule has 13 rings (SSSR count). The summed E-state index contributed by atoms with van der Waals surface area (Å²) in [7, 11) is 0. The third-order valence-electron chi connectivity index (χ3n) is 17.0. The number of rotatable bonds is 4. The van der Waals surface area contributed by atoms with Gasteiger partial charge in [0.2, 0.25) is 0 Å². The molecule has 5 heteroatoms. The fourth-order valence-corrected chi connectivity index (χ4v) is 12.9. The zero-order valence-corrected chi connectivity index (χ0v) is 45.8. The Morgan fingerprint density at radius 2 is 1.03 bits per heavy atom. The summed E-state index contributed by atoms with van der Waals surface area (Å²) in [5.74, 6) is 0. The molecule has 0 radical (unpaired) electrons. The Hall–Kier alpha value is -7.24. The van der Waals surface area contributed by atoms with Crippen LogP contribution >= 0.6 is 0 Å². The van der Waals surface area contributed by atoms with Gasteiger partial charge in [0.15, 0.2) is 5.58 Å². The van der Waals surface area contributed by atoms with Crippen LogP contribution < -0.4 is 26.2 Å². The molecule has 368 valence electrons. The van der Waals surface area contributed by atoms with Crippen LogP contribution in [-0.4, -0.2) is 11.3 Å². The molecular weight excluding hydrogens is 898 g/mol. The Labute approximate surface area is 438 Å². The van der Waals surface area contributed by atoms with Gasteiger partial charge in [0, 0.05) is 66.8 Å². The largest absolute Gasteiger partial charge is 0.454 e. The van der Waals surface area contributed by atoms with E-state index in [9.17, 15) is 0 Å². The molecule has 0 bridgehead atoms. The van der Waals surface area contributed by atoms with Crippen molar-refractivity contribution in [2.75, 3.05) is 9.80 Å². The number of furan rings is 1. The molecule has 0 atom stereocenters. The van der Waals surface area contributed by atoms with Crippen LogP contribution in [0.4, 0.5) is 34.1 Å². The van der Waals surface area contributed by atoms with Crippen molar-refractivity contribution in [3.05, 3.63) is 191 Å². The molecule has 4 nitrogen and oxygen atoms in total. The van der Waals surface area contributed by atoms with Gasteiger partial charge in [-0.3, -0.25) is 0 Å². The first-order valence-corrected chi connectivity index (χ1v) is 26.9. The number of nitrogens with zero attached hydrogens (tertiary/aromatic N) is 3. The highest BCUT2D eigenvalue weighted by molar-refractivity contribution is 7.00. The average Bonchev–Trinajstić information content (AvgIpc) is 4.15. The van der Waals surface area contributed by atoms with E-state index in [4.69, 9.17) is 4.42 Å². The first kappa shape index (κ1) is 46.5. The molecule has 8 aromatic carbocycles. The maximum absolute atomic E-state index is 7.06. The summed E-state index contributed by atoms with van der Waals surface area (Å²) in [6.07, 6.45) is 0. The van der Waals surface area contributed by atoms with Crippen molar-refractivity contribution in [2.24, 2.45) is 0 Å². The highest BCUT2D eigenvalue weighted by Gasteiger charge is 2.48. The quantitative estimate of drug-likeness (QED) is 0.164. The molecule has 2 aliphatic heterocycles. The van der Waals surface area contributed by atoms with E-state index in [1.54, 1.807) is 0 Å². The van der Waals surface area contributed by atoms with Gasteiger partial charge >= 0.3 is 0 Å². The summed E-state index contributed by atoms with van der Waals surface area (Å²) in [5, 5.41) is 3.60. The number of hydrogen-bond donors (Lipinski definition) is 0. The lowest BCUT2D eigenvalue weighted by Crippen LogP contribution is -2.60. The normalized spacial score (nSPS) is 14.7. The smallest absolute Gasteiger partial charge is 0.252 e. The third kappa shape index (κ3) is 6.73. The van der Waals surface area contributed by atoms with Gasteiger partial charge < -0.3 is 18.8 Å². The third-order valence-corrected chi connectivity index (χ3v) is 17.0. The average molecular weight is 966 g/mol. The predicted octanol–water partition coefficient (Wildman–Crippen LogP) is 17.1. The van der Waals surface area contributed by atoms with Crippen molar-refractivity contribution < 1.29 is 4.42 Å². The molecule has 10 aromatic rings. The van der Waals surface area contributed by atoms with Crippen LogP contribution in [0.2, 0.25) is 0 Å². The van der Waals surface area contributed by atoms with E-state index in [1.165, 1.54) is 83.3 Å². The van der Waals surface area contributed by atoms with Gasteiger partial charge in [0.05, 0.1) is 11.4 Å². The minimum absolute atomic E-state index is 0.0225. The minimum atomic E-state index is -0.205. The lowest BCUT2D eigenvalue weighted by atomic mass is 9.33. The Balaban J connectivity index is 1.17.